The second-order valence-corrected chi connectivity index (χ2v) is 15.8. The molecule has 0 unspecified atom stereocenters. The van der Waals surface area contributed by atoms with Crippen molar-refractivity contribution in [3.05, 3.63) is 5.82 Å². The van der Waals surface area contributed by atoms with Gasteiger partial charge in [-0.15, -0.1) is 10.2 Å². The summed E-state index contributed by atoms with van der Waals surface area (Å²) in [6.07, 6.45) is 19.8. The number of aromatic nitrogens is 4. The van der Waals surface area contributed by atoms with E-state index < -0.39 is 18.6 Å². The Balaban J connectivity index is 0.00000141. The molecule has 1 aromatic rings. The molecule has 0 saturated heterocycles. The van der Waals surface area contributed by atoms with Crippen LogP contribution in [0.25, 0.3) is 0 Å². The number of likely N-dealkylation sites (N-methyl/N-ethyl adjacent to an activating group) is 1. The number of ketones is 2. The van der Waals surface area contributed by atoms with E-state index >= 15 is 0 Å². The molecule has 0 radical (unpaired) electrons. The maximum Gasteiger partial charge on any atom is 0.326 e. The standard InChI is InChI=1S/C29H53N5O6.C16H31N3O6/c1-2-39-23-24-40-22-16-17-25(35)20-21-26(29(37)38)30-28(36)19-15-13-11-9-7-5-3-4-6-8-10-12-14-18-27-31-33-34-32-27;1-13(21)18-7-8-24-9-10-25-12-16(23)19-6-4-3-5-14(17-2)15(22)11-20/h26H,2-24H2,1H3,(H,30,36)(H,37,38)(H,31,32,33,34);14,17,20H,3-12H2,1-2H3,(H,18,21)(H,19,23)/t26-;14-/m00/s1. The van der Waals surface area contributed by atoms with Crippen LogP contribution in [-0.4, -0.2) is 158 Å². The SMILES string of the molecule is CCOCCOCCCC(=O)CC[C@H](NC(=O)CCCCCCCCCCCCCCCc1nn[nH]n1)C(=O)O.CN[C@@H](CCCCNC(=O)COCCOCCNC(C)=O)C(=O)CO. The minimum Gasteiger partial charge on any atom is -0.480 e. The lowest BCUT2D eigenvalue weighted by Crippen LogP contribution is -2.41. The second kappa shape index (κ2) is 45.2. The van der Waals surface area contributed by atoms with Crippen molar-refractivity contribution in [1.29, 1.82) is 0 Å². The summed E-state index contributed by atoms with van der Waals surface area (Å²) >= 11 is 0. The number of unbranched alkanes of at least 4 members (excludes halogenated alkanes) is 13. The molecule has 0 saturated carbocycles. The van der Waals surface area contributed by atoms with Gasteiger partial charge in [0.1, 0.15) is 25.0 Å². The molecule has 0 aliphatic heterocycles. The number of carboxylic acids is 1. The number of nitrogens with one attached hydrogen (secondary N) is 5. The first-order chi connectivity index (χ1) is 31.5. The first-order valence-corrected chi connectivity index (χ1v) is 23.9. The quantitative estimate of drug-likeness (QED) is 0.0461. The number of hydrogen-bond donors (Lipinski definition) is 7. The molecule has 0 aliphatic carbocycles. The zero-order valence-electron chi connectivity index (χ0n) is 39.8. The number of aryl methyl sites for hydroxylation is 1. The number of amides is 3. The number of carbonyl (C=O) groups excluding carboxylic acids is 5. The highest BCUT2D eigenvalue weighted by Gasteiger charge is 2.21. The number of aliphatic hydroxyl groups excluding tert-OH is 1. The van der Waals surface area contributed by atoms with Crippen LogP contribution >= 0.6 is 0 Å². The third-order valence-electron chi connectivity index (χ3n) is 10.2. The Morgan fingerprint density at radius 3 is 1.83 bits per heavy atom. The van der Waals surface area contributed by atoms with E-state index in [4.69, 9.17) is 24.1 Å². The van der Waals surface area contributed by atoms with Gasteiger partial charge in [-0.2, -0.15) is 5.21 Å². The van der Waals surface area contributed by atoms with Crippen molar-refractivity contribution in [3.8, 4) is 0 Å². The summed E-state index contributed by atoms with van der Waals surface area (Å²) in [5.74, 6) is -1.08. The van der Waals surface area contributed by atoms with Gasteiger partial charge in [0, 0.05) is 58.9 Å². The van der Waals surface area contributed by atoms with Crippen LogP contribution in [0.15, 0.2) is 0 Å². The summed E-state index contributed by atoms with van der Waals surface area (Å²) in [7, 11) is 1.68. The van der Waals surface area contributed by atoms with Gasteiger partial charge in [-0.25, -0.2) is 4.79 Å². The van der Waals surface area contributed by atoms with Crippen molar-refractivity contribution in [2.45, 2.75) is 167 Å². The Morgan fingerprint density at radius 2 is 1.25 bits per heavy atom. The van der Waals surface area contributed by atoms with Crippen LogP contribution < -0.4 is 21.3 Å². The highest BCUT2D eigenvalue weighted by molar-refractivity contribution is 5.85. The first-order valence-electron chi connectivity index (χ1n) is 23.9. The van der Waals surface area contributed by atoms with Gasteiger partial charge in [0.2, 0.25) is 17.7 Å². The number of aromatic amines is 1. The van der Waals surface area contributed by atoms with E-state index in [1.165, 1.54) is 64.7 Å². The number of rotatable bonds is 45. The lowest BCUT2D eigenvalue weighted by molar-refractivity contribution is -0.142. The van der Waals surface area contributed by atoms with E-state index in [-0.39, 0.29) is 54.8 Å². The molecule has 1 rings (SSSR count). The van der Waals surface area contributed by atoms with E-state index in [1.54, 1.807) is 7.05 Å². The highest BCUT2D eigenvalue weighted by Crippen LogP contribution is 2.14. The summed E-state index contributed by atoms with van der Waals surface area (Å²) in [4.78, 5) is 69.3. The zero-order chi connectivity index (χ0) is 48.0. The summed E-state index contributed by atoms with van der Waals surface area (Å²) < 4.78 is 20.9. The van der Waals surface area contributed by atoms with Gasteiger partial charge in [-0.05, 0) is 58.9 Å². The van der Waals surface area contributed by atoms with Crippen molar-refractivity contribution in [1.82, 2.24) is 41.9 Å². The molecule has 20 heteroatoms. The molecule has 1 heterocycles. The molecular formula is C45H84N8O12. The summed E-state index contributed by atoms with van der Waals surface area (Å²) in [6, 6.07) is -1.36. The molecule has 65 heavy (non-hydrogen) atoms. The molecule has 0 spiro atoms. The molecule has 7 N–H and O–H groups in total. The molecule has 1 aromatic heterocycles. The van der Waals surface area contributed by atoms with E-state index in [0.717, 1.165) is 50.8 Å². The minimum absolute atomic E-state index is 0.0119. The number of aliphatic carboxylic acids is 1. The van der Waals surface area contributed by atoms with Crippen LogP contribution in [0.1, 0.15) is 155 Å². The summed E-state index contributed by atoms with van der Waals surface area (Å²) in [6.45, 7) is 7.07. The smallest absolute Gasteiger partial charge is 0.326 e. The van der Waals surface area contributed by atoms with Crippen LogP contribution in [0.5, 0.6) is 0 Å². The molecular weight excluding hydrogens is 845 g/mol. The maximum atomic E-state index is 12.2. The van der Waals surface area contributed by atoms with Crippen LogP contribution in [0.3, 0.4) is 0 Å². The van der Waals surface area contributed by atoms with Gasteiger partial charge in [0.05, 0.1) is 39.1 Å². The Kier molecular flexibility index (Phi) is 42.5. The van der Waals surface area contributed by atoms with Crippen molar-refractivity contribution in [2.24, 2.45) is 0 Å². The van der Waals surface area contributed by atoms with Gasteiger partial charge < -0.3 is 50.4 Å². The Labute approximate surface area is 386 Å². The van der Waals surface area contributed by atoms with E-state index in [0.29, 0.717) is 85.0 Å². The van der Waals surface area contributed by atoms with Crippen molar-refractivity contribution >= 4 is 35.3 Å². The predicted molar refractivity (Wildman–Crippen MR) is 245 cm³/mol. The van der Waals surface area contributed by atoms with Gasteiger partial charge in [-0.1, -0.05) is 75.8 Å². The largest absolute Gasteiger partial charge is 0.480 e. The monoisotopic (exact) mass is 929 g/mol. The first kappa shape index (κ1) is 61.0. The lowest BCUT2D eigenvalue weighted by atomic mass is 10.0. The van der Waals surface area contributed by atoms with Crippen LogP contribution in [0.4, 0.5) is 0 Å². The zero-order valence-corrected chi connectivity index (χ0v) is 39.8. The minimum atomic E-state index is -1.10. The molecule has 0 fully saturated rings. The number of Topliss-reactive ketones (excluding diaryl/α,β-unsaturated/α-hetero) is 2. The fourth-order valence-corrected chi connectivity index (χ4v) is 6.50. The van der Waals surface area contributed by atoms with Gasteiger partial charge >= 0.3 is 5.97 Å². The molecule has 0 bridgehead atoms. The second-order valence-electron chi connectivity index (χ2n) is 15.8. The lowest BCUT2D eigenvalue weighted by Gasteiger charge is -2.14. The number of ether oxygens (including phenoxy) is 4. The maximum absolute atomic E-state index is 12.2. The number of tetrazole rings is 1. The van der Waals surface area contributed by atoms with E-state index in [9.17, 15) is 33.9 Å². The number of nitrogens with zero attached hydrogens (tertiary/aromatic N) is 3. The fourth-order valence-electron chi connectivity index (χ4n) is 6.50. The van der Waals surface area contributed by atoms with E-state index in [2.05, 4.69) is 41.9 Å². The van der Waals surface area contributed by atoms with Crippen LogP contribution in [-0.2, 0) is 54.1 Å². The molecule has 2 atom stereocenters. The summed E-state index contributed by atoms with van der Waals surface area (Å²) in [5.41, 5.74) is 0. The fraction of sp³-hybridized carbons (Fsp3) is 0.844. The molecule has 376 valence electrons. The number of hydrogen-bond acceptors (Lipinski definition) is 15. The average molecular weight is 929 g/mol. The Bertz CT molecular complexity index is 1340. The average Bonchev–Trinajstić information content (AvgIpc) is 3.81. The number of H-pyrrole nitrogens is 1. The summed E-state index contributed by atoms with van der Waals surface area (Å²) in [5, 5.41) is 43.0. The molecule has 0 aliphatic rings. The third kappa shape index (κ3) is 41.2. The van der Waals surface area contributed by atoms with Gasteiger partial charge in [-0.3, -0.25) is 24.0 Å². The van der Waals surface area contributed by atoms with Crippen molar-refractivity contribution < 1.29 is 57.9 Å². The number of carbonyl (C=O) groups is 6. The third-order valence-corrected chi connectivity index (χ3v) is 10.2. The Morgan fingerprint density at radius 1 is 0.631 bits per heavy atom. The van der Waals surface area contributed by atoms with Gasteiger partial charge in [0.25, 0.3) is 0 Å². The normalized spacial score (nSPS) is 11.9. The van der Waals surface area contributed by atoms with Crippen molar-refractivity contribution in [2.75, 3.05) is 79.6 Å². The molecule has 0 aromatic carbocycles. The highest BCUT2D eigenvalue weighted by atomic mass is 16.5. The van der Waals surface area contributed by atoms with E-state index in [1.807, 2.05) is 6.92 Å². The van der Waals surface area contributed by atoms with Crippen molar-refractivity contribution in [3.63, 3.8) is 0 Å². The number of aliphatic hydroxyl groups is 1. The Hall–Kier alpha value is -3.95. The molecule has 20 nitrogen and oxygen atoms in total. The topological polar surface area (TPSA) is 282 Å². The predicted octanol–water partition coefficient (Wildman–Crippen LogP) is 3.55. The van der Waals surface area contributed by atoms with Crippen LogP contribution in [0.2, 0.25) is 0 Å². The number of carboxylic acid groups (broad SMARTS) is 1. The van der Waals surface area contributed by atoms with Gasteiger partial charge in [0.15, 0.2) is 11.6 Å². The van der Waals surface area contributed by atoms with Crippen LogP contribution in [0, 0.1) is 0 Å². The molecule has 3 amide bonds.